The summed E-state index contributed by atoms with van der Waals surface area (Å²) in [5.74, 6) is 0.624. The predicted molar refractivity (Wildman–Crippen MR) is 48.7 cm³/mol. The molecular formula is C9H11NO3. The van der Waals surface area contributed by atoms with E-state index in [1.807, 2.05) is 6.92 Å². The highest BCUT2D eigenvalue weighted by Gasteiger charge is 2.00. The van der Waals surface area contributed by atoms with Crippen LogP contribution in [0.1, 0.15) is 12.5 Å². The van der Waals surface area contributed by atoms with Gasteiger partial charge in [-0.2, -0.15) is 0 Å². The van der Waals surface area contributed by atoms with Gasteiger partial charge in [0.1, 0.15) is 11.5 Å². The van der Waals surface area contributed by atoms with Crippen LogP contribution in [0.4, 0.5) is 0 Å². The van der Waals surface area contributed by atoms with Gasteiger partial charge in [0.25, 0.3) is 0 Å². The highest BCUT2D eigenvalue weighted by Crippen LogP contribution is 2.22. The second kappa shape index (κ2) is 4.35. The summed E-state index contributed by atoms with van der Waals surface area (Å²) in [7, 11) is 0. The zero-order chi connectivity index (χ0) is 9.68. The number of aromatic hydroxyl groups is 1. The minimum atomic E-state index is 0.0313. The maximum Gasteiger partial charge on any atom is 0.128 e. The monoisotopic (exact) mass is 181 g/mol. The Balaban J connectivity index is 2.91. The van der Waals surface area contributed by atoms with Crippen LogP contribution in [0.15, 0.2) is 23.4 Å². The Bertz CT molecular complexity index is 310. The van der Waals surface area contributed by atoms with E-state index in [-0.39, 0.29) is 5.75 Å². The molecule has 4 nitrogen and oxygen atoms in total. The van der Waals surface area contributed by atoms with E-state index in [1.54, 1.807) is 12.1 Å². The van der Waals surface area contributed by atoms with E-state index in [4.69, 9.17) is 9.94 Å². The van der Waals surface area contributed by atoms with E-state index in [0.29, 0.717) is 17.9 Å². The first kappa shape index (κ1) is 9.38. The minimum absolute atomic E-state index is 0.0313. The molecule has 0 amide bonds. The molecule has 4 heteroatoms. The second-order valence-electron chi connectivity index (χ2n) is 2.40. The van der Waals surface area contributed by atoms with Crippen LogP contribution in [-0.4, -0.2) is 23.1 Å². The summed E-state index contributed by atoms with van der Waals surface area (Å²) >= 11 is 0. The summed E-state index contributed by atoms with van der Waals surface area (Å²) in [6.07, 6.45) is 1.16. The molecule has 2 N–H and O–H groups in total. The first-order chi connectivity index (χ1) is 6.27. The van der Waals surface area contributed by atoms with Crippen molar-refractivity contribution in [2.45, 2.75) is 6.92 Å². The zero-order valence-electron chi connectivity index (χ0n) is 7.27. The van der Waals surface area contributed by atoms with Crippen molar-refractivity contribution in [3.63, 3.8) is 0 Å². The van der Waals surface area contributed by atoms with Crippen molar-refractivity contribution in [1.82, 2.24) is 0 Å². The lowest BCUT2D eigenvalue weighted by atomic mass is 10.2. The molecule has 0 aliphatic heterocycles. The smallest absolute Gasteiger partial charge is 0.128 e. The Labute approximate surface area is 76.1 Å². The number of hydrogen-bond acceptors (Lipinski definition) is 4. The standard InChI is InChI=1S/C9H11NO3/c1-2-13-8-4-3-7(6-10-12)9(11)5-8/h3-6,11-12H,2H2,1H3. The highest BCUT2D eigenvalue weighted by atomic mass is 16.5. The zero-order valence-corrected chi connectivity index (χ0v) is 7.27. The van der Waals surface area contributed by atoms with Gasteiger partial charge >= 0.3 is 0 Å². The van der Waals surface area contributed by atoms with Gasteiger partial charge < -0.3 is 15.1 Å². The predicted octanol–water partition coefficient (Wildman–Crippen LogP) is 1.60. The molecule has 0 spiro atoms. The molecule has 0 saturated carbocycles. The van der Waals surface area contributed by atoms with E-state index >= 15 is 0 Å². The van der Waals surface area contributed by atoms with Crippen LogP contribution in [0, 0.1) is 0 Å². The van der Waals surface area contributed by atoms with Gasteiger partial charge in [0, 0.05) is 11.6 Å². The van der Waals surface area contributed by atoms with Gasteiger partial charge in [-0.3, -0.25) is 0 Å². The molecule has 0 unspecified atom stereocenters. The molecule has 0 radical (unpaired) electrons. The van der Waals surface area contributed by atoms with Gasteiger partial charge in [-0.05, 0) is 19.1 Å². The maximum atomic E-state index is 9.37. The molecule has 1 aromatic carbocycles. The fourth-order valence-electron chi connectivity index (χ4n) is 0.951. The van der Waals surface area contributed by atoms with E-state index in [1.165, 1.54) is 6.07 Å². The van der Waals surface area contributed by atoms with Crippen LogP contribution in [0.25, 0.3) is 0 Å². The first-order valence-electron chi connectivity index (χ1n) is 3.91. The van der Waals surface area contributed by atoms with Crippen molar-refractivity contribution in [2.24, 2.45) is 5.16 Å². The number of nitrogens with zero attached hydrogens (tertiary/aromatic N) is 1. The Hall–Kier alpha value is -1.71. The number of ether oxygens (including phenoxy) is 1. The maximum absolute atomic E-state index is 9.37. The van der Waals surface area contributed by atoms with E-state index in [0.717, 1.165) is 6.21 Å². The lowest BCUT2D eigenvalue weighted by molar-refractivity contribution is 0.321. The molecular weight excluding hydrogens is 170 g/mol. The fraction of sp³-hybridized carbons (Fsp3) is 0.222. The summed E-state index contributed by atoms with van der Waals surface area (Å²) in [5.41, 5.74) is 0.450. The van der Waals surface area contributed by atoms with Crippen molar-refractivity contribution < 1.29 is 15.1 Å². The molecule has 70 valence electrons. The van der Waals surface area contributed by atoms with Crippen LogP contribution in [-0.2, 0) is 0 Å². The average molecular weight is 181 g/mol. The number of oxime groups is 1. The van der Waals surface area contributed by atoms with Crippen LogP contribution < -0.4 is 4.74 Å². The third kappa shape index (κ3) is 2.37. The summed E-state index contributed by atoms with van der Waals surface area (Å²) in [6, 6.07) is 4.78. The van der Waals surface area contributed by atoms with Crippen LogP contribution in [0.3, 0.4) is 0 Å². The van der Waals surface area contributed by atoms with Crippen LogP contribution >= 0.6 is 0 Å². The SMILES string of the molecule is CCOc1ccc(C=NO)c(O)c1. The topological polar surface area (TPSA) is 62.0 Å². The molecule has 0 heterocycles. The van der Waals surface area contributed by atoms with Gasteiger partial charge in [-0.1, -0.05) is 5.16 Å². The molecule has 0 aliphatic rings. The molecule has 13 heavy (non-hydrogen) atoms. The fourth-order valence-corrected chi connectivity index (χ4v) is 0.951. The van der Waals surface area contributed by atoms with Gasteiger partial charge in [0.2, 0.25) is 0 Å². The summed E-state index contributed by atoms with van der Waals surface area (Å²) in [6.45, 7) is 2.41. The molecule has 0 atom stereocenters. The number of hydrogen-bond donors (Lipinski definition) is 2. The third-order valence-corrected chi connectivity index (χ3v) is 1.51. The Morgan fingerprint density at radius 3 is 2.85 bits per heavy atom. The Morgan fingerprint density at radius 1 is 1.54 bits per heavy atom. The van der Waals surface area contributed by atoms with Gasteiger partial charge in [0.15, 0.2) is 0 Å². The largest absolute Gasteiger partial charge is 0.507 e. The first-order valence-corrected chi connectivity index (χ1v) is 3.91. The number of phenols is 1. The minimum Gasteiger partial charge on any atom is -0.507 e. The van der Waals surface area contributed by atoms with Crippen LogP contribution in [0.2, 0.25) is 0 Å². The quantitative estimate of drug-likeness (QED) is 0.423. The van der Waals surface area contributed by atoms with Gasteiger partial charge in [0.05, 0.1) is 12.8 Å². The van der Waals surface area contributed by atoms with Crippen molar-refractivity contribution in [3.05, 3.63) is 23.8 Å². The Morgan fingerprint density at radius 2 is 2.31 bits per heavy atom. The third-order valence-electron chi connectivity index (χ3n) is 1.51. The second-order valence-corrected chi connectivity index (χ2v) is 2.40. The molecule has 0 bridgehead atoms. The highest BCUT2D eigenvalue weighted by molar-refractivity contribution is 5.83. The van der Waals surface area contributed by atoms with E-state index in [9.17, 15) is 5.11 Å². The van der Waals surface area contributed by atoms with Crippen molar-refractivity contribution in [1.29, 1.82) is 0 Å². The number of rotatable bonds is 3. The summed E-state index contributed by atoms with van der Waals surface area (Å²) in [4.78, 5) is 0. The van der Waals surface area contributed by atoms with E-state index < -0.39 is 0 Å². The van der Waals surface area contributed by atoms with Crippen molar-refractivity contribution in [2.75, 3.05) is 6.61 Å². The normalized spacial score (nSPS) is 10.5. The lowest BCUT2D eigenvalue weighted by Gasteiger charge is -2.04. The number of phenolic OH excluding ortho intramolecular Hbond substituents is 1. The number of benzene rings is 1. The molecule has 0 aromatic heterocycles. The van der Waals surface area contributed by atoms with Crippen molar-refractivity contribution in [3.8, 4) is 11.5 Å². The molecule has 1 aromatic rings. The summed E-state index contributed by atoms with van der Waals surface area (Å²) in [5, 5.41) is 20.4. The molecule has 0 fully saturated rings. The van der Waals surface area contributed by atoms with Gasteiger partial charge in [-0.15, -0.1) is 0 Å². The molecule has 1 rings (SSSR count). The summed E-state index contributed by atoms with van der Waals surface area (Å²) < 4.78 is 5.15. The average Bonchev–Trinajstić information content (AvgIpc) is 2.10. The lowest BCUT2D eigenvalue weighted by Crippen LogP contribution is -1.91. The van der Waals surface area contributed by atoms with E-state index in [2.05, 4.69) is 5.16 Å². The Kier molecular flexibility index (Phi) is 3.14. The molecule has 0 aliphatic carbocycles. The van der Waals surface area contributed by atoms with Crippen LogP contribution in [0.5, 0.6) is 11.5 Å². The van der Waals surface area contributed by atoms with Gasteiger partial charge in [-0.25, -0.2) is 0 Å². The van der Waals surface area contributed by atoms with Crippen molar-refractivity contribution >= 4 is 6.21 Å². The molecule has 0 saturated heterocycles.